The van der Waals surface area contributed by atoms with Crippen LogP contribution in [0.25, 0.3) is 0 Å². The Morgan fingerprint density at radius 1 is 1.06 bits per heavy atom. The first-order valence-corrected chi connectivity index (χ1v) is 5.38. The molecule has 0 saturated carbocycles. The van der Waals surface area contributed by atoms with Crippen molar-refractivity contribution in [2.24, 2.45) is 0 Å². The summed E-state index contributed by atoms with van der Waals surface area (Å²) in [6.07, 6.45) is -2.41. The molecular formula is C10H19NO7. The lowest BCUT2D eigenvalue weighted by atomic mass is 9.96. The molecule has 8 nitrogen and oxygen atoms in total. The number of aliphatic carboxylic acids is 3. The van der Waals surface area contributed by atoms with E-state index in [0.717, 1.165) is 0 Å². The van der Waals surface area contributed by atoms with Crippen LogP contribution in [-0.4, -0.2) is 51.9 Å². The average molecular weight is 265 g/mol. The summed E-state index contributed by atoms with van der Waals surface area (Å²) in [7, 11) is 0. The van der Waals surface area contributed by atoms with Gasteiger partial charge < -0.3 is 30.5 Å². The summed E-state index contributed by atoms with van der Waals surface area (Å²) in [5.74, 6) is -5.35. The number of carboxylic acid groups (broad SMARTS) is 3. The van der Waals surface area contributed by atoms with Crippen molar-refractivity contribution in [3.8, 4) is 0 Å². The molecule has 8 heteroatoms. The molecule has 0 saturated heterocycles. The summed E-state index contributed by atoms with van der Waals surface area (Å²) in [5.41, 5.74) is -2.85. The second-order valence-electron chi connectivity index (χ2n) is 3.57. The van der Waals surface area contributed by atoms with E-state index in [1.54, 1.807) is 0 Å². The van der Waals surface area contributed by atoms with Gasteiger partial charge in [-0.2, -0.15) is 0 Å². The van der Waals surface area contributed by atoms with Crippen LogP contribution in [0.2, 0.25) is 0 Å². The Hall–Kier alpha value is -1.67. The third-order valence-corrected chi connectivity index (χ3v) is 1.84. The Balaban J connectivity index is 0. The predicted molar refractivity (Wildman–Crippen MR) is 57.5 cm³/mol. The molecule has 0 aliphatic heterocycles. The highest BCUT2D eigenvalue weighted by atomic mass is 16.4. The molecule has 106 valence electrons. The van der Waals surface area contributed by atoms with E-state index >= 15 is 0 Å². The molecule has 0 radical (unpaired) electrons. The lowest BCUT2D eigenvalue weighted by Gasteiger charge is -2.25. The first kappa shape index (κ1) is 18.7. The molecule has 0 spiro atoms. The lowest BCUT2D eigenvalue weighted by molar-refractivity contribution is -0.648. The van der Waals surface area contributed by atoms with Crippen molar-refractivity contribution in [2.75, 3.05) is 13.1 Å². The van der Waals surface area contributed by atoms with Crippen LogP contribution in [0.15, 0.2) is 0 Å². The van der Waals surface area contributed by atoms with Gasteiger partial charge in [0.15, 0.2) is 0 Å². The fraction of sp³-hybridized carbons (Fsp3) is 0.700. The standard InChI is InChI=1S/C6H8O7.C4H11N/c7-3(8)1-6(13,5(11)12)2-4(9)10;1-3-5-4-2/h13H,1-2H2,(H,7,8)(H,9,10)(H,11,12);5H,3-4H2,1-2H3. The van der Waals surface area contributed by atoms with E-state index in [1.807, 2.05) is 0 Å². The molecule has 0 fully saturated rings. The van der Waals surface area contributed by atoms with Gasteiger partial charge in [0.25, 0.3) is 0 Å². The van der Waals surface area contributed by atoms with Crippen LogP contribution < -0.4 is 10.4 Å². The molecule has 0 atom stereocenters. The molecule has 0 aliphatic carbocycles. The van der Waals surface area contributed by atoms with E-state index < -0.39 is 36.4 Å². The summed E-state index contributed by atoms with van der Waals surface area (Å²) in [6.45, 7) is 6.75. The van der Waals surface area contributed by atoms with Crippen molar-refractivity contribution in [1.29, 1.82) is 0 Å². The largest absolute Gasteiger partial charge is 0.547 e. The summed E-state index contributed by atoms with van der Waals surface area (Å²) in [5, 5.41) is 37.8. The van der Waals surface area contributed by atoms with Gasteiger partial charge in [0.1, 0.15) is 5.60 Å². The van der Waals surface area contributed by atoms with Gasteiger partial charge in [-0.1, -0.05) is 0 Å². The zero-order valence-corrected chi connectivity index (χ0v) is 10.4. The number of quaternary nitrogens is 1. The fourth-order valence-electron chi connectivity index (χ4n) is 0.996. The maximum atomic E-state index is 10.2. The molecule has 0 aromatic carbocycles. The van der Waals surface area contributed by atoms with Crippen LogP contribution in [0.4, 0.5) is 0 Å². The number of carbonyl (C=O) groups is 3. The van der Waals surface area contributed by atoms with E-state index in [9.17, 15) is 19.5 Å². The maximum absolute atomic E-state index is 10.2. The first-order valence-electron chi connectivity index (χ1n) is 5.38. The third-order valence-electron chi connectivity index (χ3n) is 1.84. The minimum absolute atomic E-state index is 1.21. The highest BCUT2D eigenvalue weighted by Gasteiger charge is 2.34. The monoisotopic (exact) mass is 265 g/mol. The van der Waals surface area contributed by atoms with Crippen LogP contribution in [0.5, 0.6) is 0 Å². The van der Waals surface area contributed by atoms with Gasteiger partial charge in [-0.3, -0.25) is 9.59 Å². The molecule has 5 N–H and O–H groups in total. The minimum Gasteiger partial charge on any atom is -0.547 e. The van der Waals surface area contributed by atoms with Crippen molar-refractivity contribution < 1.29 is 40.1 Å². The van der Waals surface area contributed by atoms with Gasteiger partial charge in [-0.05, 0) is 13.8 Å². The smallest absolute Gasteiger partial charge is 0.306 e. The second kappa shape index (κ2) is 9.37. The quantitative estimate of drug-likeness (QED) is 0.383. The normalized spacial score (nSPS) is 10.2. The Morgan fingerprint density at radius 3 is 1.50 bits per heavy atom. The van der Waals surface area contributed by atoms with E-state index in [4.69, 9.17) is 15.3 Å². The van der Waals surface area contributed by atoms with E-state index in [-0.39, 0.29) is 0 Å². The number of carbonyl (C=O) groups excluding carboxylic acids is 1. The molecule has 0 aromatic heterocycles. The van der Waals surface area contributed by atoms with Crippen molar-refractivity contribution in [2.45, 2.75) is 32.3 Å². The second-order valence-corrected chi connectivity index (χ2v) is 3.57. The topological polar surface area (TPSA) is 152 Å². The van der Waals surface area contributed by atoms with Gasteiger partial charge in [0.05, 0.1) is 31.9 Å². The van der Waals surface area contributed by atoms with Crippen molar-refractivity contribution >= 4 is 17.9 Å². The van der Waals surface area contributed by atoms with E-state index in [1.165, 1.54) is 13.1 Å². The molecule has 0 aromatic rings. The Bertz CT molecular complexity index is 272. The molecule has 0 rings (SSSR count). The van der Waals surface area contributed by atoms with Gasteiger partial charge in [0, 0.05) is 0 Å². The number of hydrogen-bond donors (Lipinski definition) is 4. The van der Waals surface area contributed by atoms with Gasteiger partial charge in [-0.25, -0.2) is 0 Å². The summed E-state index contributed by atoms with van der Waals surface area (Å²) in [4.78, 5) is 30.3. The minimum atomic E-state index is -2.85. The lowest BCUT2D eigenvalue weighted by Crippen LogP contribution is -2.82. The molecular weight excluding hydrogens is 246 g/mol. The number of aliphatic hydroxyl groups is 1. The van der Waals surface area contributed by atoms with Crippen molar-refractivity contribution in [1.82, 2.24) is 0 Å². The van der Waals surface area contributed by atoms with Gasteiger partial charge >= 0.3 is 11.9 Å². The zero-order valence-electron chi connectivity index (χ0n) is 10.4. The molecule has 0 bridgehead atoms. The molecule has 0 amide bonds. The van der Waals surface area contributed by atoms with Crippen LogP contribution in [0.1, 0.15) is 26.7 Å². The predicted octanol–water partition coefficient (Wildman–Crippen LogP) is -2.99. The van der Waals surface area contributed by atoms with Crippen molar-refractivity contribution in [3.05, 3.63) is 0 Å². The number of rotatable bonds is 7. The van der Waals surface area contributed by atoms with Crippen LogP contribution in [0, 0.1) is 0 Å². The number of nitrogens with two attached hydrogens (primary N) is 1. The van der Waals surface area contributed by atoms with Gasteiger partial charge in [-0.15, -0.1) is 0 Å². The van der Waals surface area contributed by atoms with E-state index in [2.05, 4.69) is 19.2 Å². The van der Waals surface area contributed by atoms with Crippen LogP contribution in [-0.2, 0) is 14.4 Å². The summed E-state index contributed by atoms with van der Waals surface area (Å²) in [6, 6.07) is 0. The number of hydrogen-bond acceptors (Lipinski definition) is 5. The number of carboxylic acids is 3. The van der Waals surface area contributed by atoms with Gasteiger partial charge in [0.2, 0.25) is 0 Å². The fourth-order valence-corrected chi connectivity index (χ4v) is 0.996. The highest BCUT2D eigenvalue weighted by Crippen LogP contribution is 2.14. The third kappa shape index (κ3) is 9.55. The molecule has 0 unspecified atom stereocenters. The molecule has 0 heterocycles. The Morgan fingerprint density at radius 2 is 1.39 bits per heavy atom. The highest BCUT2D eigenvalue weighted by molar-refractivity contribution is 5.86. The SMILES string of the molecule is CC[NH2+]CC.O=C(O)CC(O)(CC(=O)O)C(=O)[O-]. The van der Waals surface area contributed by atoms with Crippen LogP contribution >= 0.6 is 0 Å². The summed E-state index contributed by atoms with van der Waals surface area (Å²) >= 11 is 0. The van der Waals surface area contributed by atoms with Crippen LogP contribution in [0.3, 0.4) is 0 Å². The van der Waals surface area contributed by atoms with E-state index in [0.29, 0.717) is 0 Å². The average Bonchev–Trinajstić information content (AvgIpc) is 2.16. The zero-order chi connectivity index (χ0) is 14.8. The maximum Gasteiger partial charge on any atom is 0.306 e. The van der Waals surface area contributed by atoms with Crippen molar-refractivity contribution in [3.63, 3.8) is 0 Å². The Labute approximate surface area is 104 Å². The molecule has 0 aliphatic rings. The molecule has 18 heavy (non-hydrogen) atoms. The Kier molecular flexibility index (Phi) is 9.73. The first-order chi connectivity index (χ1) is 8.19. The summed E-state index contributed by atoms with van der Waals surface area (Å²) < 4.78 is 0.